The highest BCUT2D eigenvalue weighted by Crippen LogP contribution is 2.34. The van der Waals surface area contributed by atoms with E-state index in [4.69, 9.17) is 0 Å². The number of sulfonamides is 1. The van der Waals surface area contributed by atoms with Crippen LogP contribution in [0.15, 0.2) is 71.6 Å². The Morgan fingerprint density at radius 1 is 1.00 bits per heavy atom. The smallest absolute Gasteiger partial charge is 0.258 e. The number of benzene rings is 3. The van der Waals surface area contributed by atoms with Crippen LogP contribution in [0.5, 0.6) is 0 Å². The molecule has 0 fully saturated rings. The van der Waals surface area contributed by atoms with Gasteiger partial charge in [0.15, 0.2) is 0 Å². The summed E-state index contributed by atoms with van der Waals surface area (Å²) in [5.41, 5.74) is 4.71. The zero-order valence-corrected chi connectivity index (χ0v) is 19.8. The van der Waals surface area contributed by atoms with Crippen molar-refractivity contribution in [3.8, 4) is 0 Å². The highest BCUT2D eigenvalue weighted by molar-refractivity contribution is 7.89. The molecule has 5 rings (SSSR count). The molecule has 174 valence electrons. The van der Waals surface area contributed by atoms with Crippen molar-refractivity contribution in [1.82, 2.24) is 4.72 Å². The van der Waals surface area contributed by atoms with Crippen LogP contribution in [0.2, 0.25) is 0 Å². The van der Waals surface area contributed by atoms with Gasteiger partial charge in [0.25, 0.3) is 5.91 Å². The van der Waals surface area contributed by atoms with E-state index < -0.39 is 10.0 Å². The first-order chi connectivity index (χ1) is 16.2. The number of hydrogen-bond donors (Lipinski definition) is 1. The molecule has 0 saturated heterocycles. The van der Waals surface area contributed by atoms with E-state index in [9.17, 15) is 18.0 Å². The Balaban J connectivity index is 1.36. The lowest BCUT2D eigenvalue weighted by molar-refractivity contribution is -0.117. The number of likely N-dealkylation sites (N-methyl/N-ethyl adjacent to an activating group) is 1. The van der Waals surface area contributed by atoms with Gasteiger partial charge in [0, 0.05) is 36.6 Å². The first-order valence-corrected chi connectivity index (χ1v) is 12.6. The fourth-order valence-electron chi connectivity index (χ4n) is 4.67. The van der Waals surface area contributed by atoms with Crippen LogP contribution in [0.3, 0.4) is 0 Å². The fraction of sp³-hybridized carbons (Fsp3) is 0.231. The molecule has 8 heteroatoms. The van der Waals surface area contributed by atoms with Gasteiger partial charge in [-0.2, -0.15) is 0 Å². The molecule has 0 bridgehead atoms. The summed E-state index contributed by atoms with van der Waals surface area (Å²) in [5, 5.41) is 0. The van der Waals surface area contributed by atoms with Gasteiger partial charge < -0.3 is 9.80 Å². The number of anilines is 2. The van der Waals surface area contributed by atoms with E-state index >= 15 is 0 Å². The molecule has 2 heterocycles. The summed E-state index contributed by atoms with van der Waals surface area (Å²) >= 11 is 0. The number of rotatable bonds is 5. The Bertz CT molecular complexity index is 1400. The SMILES string of the molecule is CC1Cc2ccc(CNS(=O)(=O)c3ccc4c(c3)CC(=O)N4C)cc2N1C(=O)c1ccccc1. The summed E-state index contributed by atoms with van der Waals surface area (Å²) in [4.78, 5) is 28.5. The highest BCUT2D eigenvalue weighted by atomic mass is 32.2. The van der Waals surface area contributed by atoms with Gasteiger partial charge in [0.2, 0.25) is 15.9 Å². The highest BCUT2D eigenvalue weighted by Gasteiger charge is 2.32. The van der Waals surface area contributed by atoms with E-state index in [-0.39, 0.29) is 35.7 Å². The van der Waals surface area contributed by atoms with Gasteiger partial charge in [-0.05, 0) is 66.4 Å². The van der Waals surface area contributed by atoms with Crippen LogP contribution in [0.1, 0.15) is 34.0 Å². The molecule has 0 radical (unpaired) electrons. The van der Waals surface area contributed by atoms with Crippen molar-refractivity contribution in [2.24, 2.45) is 0 Å². The van der Waals surface area contributed by atoms with Gasteiger partial charge >= 0.3 is 0 Å². The fourth-order valence-corrected chi connectivity index (χ4v) is 5.74. The van der Waals surface area contributed by atoms with Crippen molar-refractivity contribution in [3.05, 3.63) is 89.0 Å². The van der Waals surface area contributed by atoms with Crippen LogP contribution < -0.4 is 14.5 Å². The molecule has 0 aromatic heterocycles. The zero-order valence-electron chi connectivity index (χ0n) is 19.0. The third-order valence-corrected chi connectivity index (χ3v) is 7.91. The molecule has 1 N–H and O–H groups in total. The molecule has 3 aromatic rings. The topological polar surface area (TPSA) is 86.8 Å². The second kappa shape index (κ2) is 8.38. The Morgan fingerprint density at radius 3 is 2.53 bits per heavy atom. The maximum atomic E-state index is 13.2. The minimum Gasteiger partial charge on any atom is -0.315 e. The van der Waals surface area contributed by atoms with Crippen molar-refractivity contribution in [2.45, 2.75) is 37.2 Å². The van der Waals surface area contributed by atoms with E-state index in [2.05, 4.69) is 4.72 Å². The van der Waals surface area contributed by atoms with Crippen molar-refractivity contribution in [3.63, 3.8) is 0 Å². The monoisotopic (exact) mass is 475 g/mol. The van der Waals surface area contributed by atoms with Crippen molar-refractivity contribution < 1.29 is 18.0 Å². The maximum Gasteiger partial charge on any atom is 0.258 e. The summed E-state index contributed by atoms with van der Waals surface area (Å²) in [5.74, 6) is -0.123. The third kappa shape index (κ3) is 3.89. The molecule has 0 aliphatic carbocycles. The standard InChI is InChI=1S/C26H25N3O4S/c1-17-12-20-9-8-18(13-24(20)29(17)26(31)19-6-4-3-5-7-19)16-27-34(32,33)22-10-11-23-21(14-22)15-25(30)28(23)2/h3-11,13-14,17,27H,12,15-16H2,1-2H3. The Kier molecular flexibility index (Phi) is 5.50. The van der Waals surface area contributed by atoms with Crippen LogP contribution in [-0.4, -0.2) is 33.3 Å². The molecule has 7 nitrogen and oxygen atoms in total. The number of carbonyl (C=O) groups is 2. The van der Waals surface area contributed by atoms with Gasteiger partial charge in [0.1, 0.15) is 0 Å². The molecule has 1 atom stereocenters. The van der Waals surface area contributed by atoms with Crippen LogP contribution in [0, 0.1) is 0 Å². The zero-order chi connectivity index (χ0) is 24.0. The number of nitrogens with zero attached hydrogens (tertiary/aromatic N) is 2. The normalized spacial score (nSPS) is 17.1. The minimum atomic E-state index is -3.77. The summed E-state index contributed by atoms with van der Waals surface area (Å²) in [6.45, 7) is 2.10. The number of carbonyl (C=O) groups excluding carboxylic acids is 2. The van der Waals surface area contributed by atoms with Crippen LogP contribution in [0.25, 0.3) is 0 Å². The first kappa shape index (κ1) is 22.3. The lowest BCUT2D eigenvalue weighted by Gasteiger charge is -2.23. The molecule has 3 aromatic carbocycles. The van der Waals surface area contributed by atoms with E-state index in [1.807, 2.05) is 43.3 Å². The molecular weight excluding hydrogens is 450 g/mol. The van der Waals surface area contributed by atoms with Crippen molar-refractivity contribution >= 4 is 33.2 Å². The van der Waals surface area contributed by atoms with Gasteiger partial charge in [-0.3, -0.25) is 9.59 Å². The largest absolute Gasteiger partial charge is 0.315 e. The summed E-state index contributed by atoms with van der Waals surface area (Å²) in [6.07, 6.45) is 0.950. The lowest BCUT2D eigenvalue weighted by Crippen LogP contribution is -2.35. The van der Waals surface area contributed by atoms with E-state index in [1.165, 1.54) is 11.0 Å². The molecule has 1 unspecified atom stereocenters. The second-order valence-electron chi connectivity index (χ2n) is 8.80. The van der Waals surface area contributed by atoms with Gasteiger partial charge in [-0.1, -0.05) is 30.3 Å². The number of amides is 2. The number of fused-ring (bicyclic) bond motifs is 2. The van der Waals surface area contributed by atoms with Crippen molar-refractivity contribution in [1.29, 1.82) is 0 Å². The van der Waals surface area contributed by atoms with E-state index in [0.717, 1.165) is 28.9 Å². The quantitative estimate of drug-likeness (QED) is 0.614. The summed E-state index contributed by atoms with van der Waals surface area (Å²) < 4.78 is 28.5. The number of nitrogens with one attached hydrogen (secondary N) is 1. The molecule has 2 aliphatic rings. The Hall–Kier alpha value is -3.49. The predicted molar refractivity (Wildman–Crippen MR) is 130 cm³/mol. The molecule has 34 heavy (non-hydrogen) atoms. The second-order valence-corrected chi connectivity index (χ2v) is 10.6. The average Bonchev–Trinajstić information content (AvgIpc) is 3.31. The average molecular weight is 476 g/mol. The predicted octanol–water partition coefficient (Wildman–Crippen LogP) is 3.28. The van der Waals surface area contributed by atoms with Crippen LogP contribution in [0.4, 0.5) is 11.4 Å². The first-order valence-electron chi connectivity index (χ1n) is 11.1. The summed E-state index contributed by atoms with van der Waals surface area (Å²) in [6, 6.07) is 19.6. The third-order valence-electron chi connectivity index (χ3n) is 6.51. The van der Waals surface area contributed by atoms with Gasteiger partial charge in [0.05, 0.1) is 11.3 Å². The molecule has 0 spiro atoms. The molecule has 2 aliphatic heterocycles. The van der Waals surface area contributed by atoms with Gasteiger partial charge in [-0.15, -0.1) is 0 Å². The lowest BCUT2D eigenvalue weighted by atomic mass is 10.1. The van der Waals surface area contributed by atoms with Crippen LogP contribution >= 0.6 is 0 Å². The van der Waals surface area contributed by atoms with E-state index in [1.54, 1.807) is 36.2 Å². The maximum absolute atomic E-state index is 13.2. The molecule has 2 amide bonds. The van der Waals surface area contributed by atoms with Crippen LogP contribution in [-0.2, 0) is 34.2 Å². The Morgan fingerprint density at radius 2 is 1.76 bits per heavy atom. The van der Waals surface area contributed by atoms with E-state index in [0.29, 0.717) is 11.1 Å². The molecule has 0 saturated carbocycles. The number of hydrogen-bond acceptors (Lipinski definition) is 4. The Labute approximate surface area is 199 Å². The van der Waals surface area contributed by atoms with Gasteiger partial charge in [-0.25, -0.2) is 13.1 Å². The minimum absolute atomic E-state index is 0.0157. The summed E-state index contributed by atoms with van der Waals surface area (Å²) in [7, 11) is -2.09. The molecular formula is C26H25N3O4S. The van der Waals surface area contributed by atoms with Crippen molar-refractivity contribution in [2.75, 3.05) is 16.8 Å².